The van der Waals surface area contributed by atoms with Crippen LogP contribution in [0.5, 0.6) is 0 Å². The minimum absolute atomic E-state index is 1.07. The van der Waals surface area contributed by atoms with Gasteiger partial charge < -0.3 is 5.21 Å². The van der Waals surface area contributed by atoms with E-state index in [1.165, 1.54) is 24.8 Å². The molecule has 2 nitrogen and oxygen atoms in total. The van der Waals surface area contributed by atoms with Crippen LogP contribution in [0.25, 0.3) is 0 Å². The van der Waals surface area contributed by atoms with Crippen molar-refractivity contribution in [2.45, 2.75) is 32.1 Å². The lowest BCUT2D eigenvalue weighted by Crippen LogP contribution is -1.82. The average Bonchev–Trinajstić information content (AvgIpc) is 2.17. The van der Waals surface area contributed by atoms with Crippen molar-refractivity contribution in [2.75, 3.05) is 0 Å². The fourth-order valence-electron chi connectivity index (χ4n) is 1.23. The summed E-state index contributed by atoms with van der Waals surface area (Å²) in [6, 6.07) is 0. The first-order valence-electron chi connectivity index (χ1n) is 3.80. The van der Waals surface area contributed by atoms with Crippen LogP contribution in [0.1, 0.15) is 32.1 Å². The first kappa shape index (κ1) is 7.32. The van der Waals surface area contributed by atoms with Crippen LogP contribution < -0.4 is 0 Å². The van der Waals surface area contributed by atoms with Crippen LogP contribution in [0.15, 0.2) is 16.8 Å². The molecule has 0 atom stereocenters. The molecule has 1 rings (SSSR count). The predicted molar refractivity (Wildman–Crippen MR) is 41.4 cm³/mol. The molecule has 0 aromatic heterocycles. The second kappa shape index (κ2) is 4.09. The van der Waals surface area contributed by atoms with Gasteiger partial charge in [-0.25, -0.2) is 0 Å². The van der Waals surface area contributed by atoms with Crippen molar-refractivity contribution in [3.8, 4) is 0 Å². The van der Waals surface area contributed by atoms with Gasteiger partial charge in [-0.15, -0.1) is 0 Å². The van der Waals surface area contributed by atoms with Crippen LogP contribution in [0.2, 0.25) is 0 Å². The van der Waals surface area contributed by atoms with E-state index < -0.39 is 0 Å². The number of hydrogen-bond acceptors (Lipinski definition) is 2. The number of oxime groups is 1. The summed E-state index contributed by atoms with van der Waals surface area (Å²) in [5, 5.41) is 11.2. The lowest BCUT2D eigenvalue weighted by atomic mass is 10.1. The third-order valence-corrected chi connectivity index (χ3v) is 1.80. The minimum Gasteiger partial charge on any atom is -0.411 e. The average molecular weight is 139 g/mol. The van der Waals surface area contributed by atoms with Crippen molar-refractivity contribution in [2.24, 2.45) is 5.16 Å². The molecular weight excluding hydrogens is 126 g/mol. The van der Waals surface area contributed by atoms with Crippen LogP contribution in [0, 0.1) is 0 Å². The molecule has 0 radical (unpaired) electrons. The van der Waals surface area contributed by atoms with E-state index in [0.29, 0.717) is 0 Å². The Morgan fingerprint density at radius 3 is 3.10 bits per heavy atom. The van der Waals surface area contributed by atoms with Crippen molar-refractivity contribution in [1.82, 2.24) is 0 Å². The van der Waals surface area contributed by atoms with Crippen molar-refractivity contribution in [1.29, 1.82) is 0 Å². The summed E-state index contributed by atoms with van der Waals surface area (Å²) < 4.78 is 0. The zero-order valence-electron chi connectivity index (χ0n) is 6.08. The second-order valence-electron chi connectivity index (χ2n) is 2.62. The van der Waals surface area contributed by atoms with Crippen LogP contribution in [-0.2, 0) is 0 Å². The van der Waals surface area contributed by atoms with Gasteiger partial charge >= 0.3 is 0 Å². The molecule has 0 saturated heterocycles. The standard InChI is InChI=1S/C8H13NO/c10-9-7-8-5-3-1-2-4-6-8/h5,7,10H,1-4,6H2. The summed E-state index contributed by atoms with van der Waals surface area (Å²) in [7, 11) is 0. The molecule has 56 valence electrons. The summed E-state index contributed by atoms with van der Waals surface area (Å²) in [6.45, 7) is 0. The van der Waals surface area contributed by atoms with Crippen molar-refractivity contribution in [3.05, 3.63) is 11.6 Å². The van der Waals surface area contributed by atoms with E-state index in [9.17, 15) is 0 Å². The van der Waals surface area contributed by atoms with Crippen molar-refractivity contribution >= 4 is 6.21 Å². The molecular formula is C8H13NO. The highest BCUT2D eigenvalue weighted by Gasteiger charge is 1.98. The Kier molecular flexibility index (Phi) is 3.00. The van der Waals surface area contributed by atoms with Crippen molar-refractivity contribution < 1.29 is 5.21 Å². The monoisotopic (exact) mass is 139 g/mol. The maximum Gasteiger partial charge on any atom is 0.0690 e. The lowest BCUT2D eigenvalue weighted by Gasteiger charge is -1.93. The Bertz CT molecular complexity index is 149. The number of nitrogens with zero attached hydrogens (tertiary/aromatic N) is 1. The van der Waals surface area contributed by atoms with Gasteiger partial charge in [-0.3, -0.25) is 0 Å². The van der Waals surface area contributed by atoms with Crippen molar-refractivity contribution in [3.63, 3.8) is 0 Å². The van der Waals surface area contributed by atoms with Gasteiger partial charge in [0.2, 0.25) is 0 Å². The van der Waals surface area contributed by atoms with Gasteiger partial charge in [0.1, 0.15) is 0 Å². The van der Waals surface area contributed by atoms with Crippen LogP contribution >= 0.6 is 0 Å². The molecule has 10 heavy (non-hydrogen) atoms. The SMILES string of the molecule is ON=CC1=CCCCCC1. The van der Waals surface area contributed by atoms with E-state index in [2.05, 4.69) is 11.2 Å². The first-order chi connectivity index (χ1) is 4.93. The zero-order chi connectivity index (χ0) is 7.23. The summed E-state index contributed by atoms with van der Waals surface area (Å²) >= 11 is 0. The molecule has 0 aromatic rings. The van der Waals surface area contributed by atoms with Crippen LogP contribution in [0.3, 0.4) is 0 Å². The molecule has 0 saturated carbocycles. The summed E-state index contributed by atoms with van der Waals surface area (Å²) in [5.74, 6) is 0. The van der Waals surface area contributed by atoms with E-state index in [-0.39, 0.29) is 0 Å². The molecule has 0 spiro atoms. The summed E-state index contributed by atoms with van der Waals surface area (Å²) in [4.78, 5) is 0. The lowest BCUT2D eigenvalue weighted by molar-refractivity contribution is 0.321. The topological polar surface area (TPSA) is 32.6 Å². The van der Waals surface area contributed by atoms with Gasteiger partial charge in [0, 0.05) is 0 Å². The quantitative estimate of drug-likeness (QED) is 0.337. The van der Waals surface area contributed by atoms with Crippen LogP contribution in [-0.4, -0.2) is 11.4 Å². The molecule has 0 aliphatic heterocycles. The van der Waals surface area contributed by atoms with Gasteiger partial charge in [-0.2, -0.15) is 0 Å². The number of rotatable bonds is 1. The fourth-order valence-corrected chi connectivity index (χ4v) is 1.23. The molecule has 0 bridgehead atoms. The molecule has 0 fully saturated rings. The summed E-state index contributed by atoms with van der Waals surface area (Å²) in [5.41, 5.74) is 1.18. The Hall–Kier alpha value is -0.790. The highest BCUT2D eigenvalue weighted by Crippen LogP contribution is 2.15. The normalized spacial score (nSPS) is 20.6. The second-order valence-corrected chi connectivity index (χ2v) is 2.62. The highest BCUT2D eigenvalue weighted by atomic mass is 16.4. The van der Waals surface area contributed by atoms with E-state index in [1.54, 1.807) is 6.21 Å². The Morgan fingerprint density at radius 1 is 1.40 bits per heavy atom. The number of allylic oxidation sites excluding steroid dienone is 2. The van der Waals surface area contributed by atoms with Gasteiger partial charge in [-0.05, 0) is 31.3 Å². The van der Waals surface area contributed by atoms with E-state index in [0.717, 1.165) is 12.8 Å². The Morgan fingerprint density at radius 2 is 2.30 bits per heavy atom. The molecule has 2 heteroatoms. The molecule has 1 N–H and O–H groups in total. The number of hydrogen-bond donors (Lipinski definition) is 1. The van der Waals surface area contributed by atoms with Crippen LogP contribution in [0.4, 0.5) is 0 Å². The Labute approximate surface area is 61.2 Å². The van der Waals surface area contributed by atoms with E-state index in [1.807, 2.05) is 0 Å². The van der Waals surface area contributed by atoms with Gasteiger partial charge in [0.15, 0.2) is 0 Å². The predicted octanol–water partition coefficient (Wildman–Crippen LogP) is 2.34. The third kappa shape index (κ3) is 2.21. The maximum atomic E-state index is 8.24. The third-order valence-electron chi connectivity index (χ3n) is 1.80. The molecule has 1 aliphatic rings. The summed E-state index contributed by atoms with van der Waals surface area (Å²) in [6.07, 6.45) is 9.74. The largest absolute Gasteiger partial charge is 0.411 e. The smallest absolute Gasteiger partial charge is 0.0690 e. The first-order valence-corrected chi connectivity index (χ1v) is 3.80. The van der Waals surface area contributed by atoms with E-state index >= 15 is 0 Å². The molecule has 0 heterocycles. The van der Waals surface area contributed by atoms with Gasteiger partial charge in [0.05, 0.1) is 6.21 Å². The van der Waals surface area contributed by atoms with Gasteiger partial charge in [-0.1, -0.05) is 17.7 Å². The highest BCUT2D eigenvalue weighted by molar-refractivity contribution is 5.77. The molecule has 0 amide bonds. The molecule has 1 aliphatic carbocycles. The Balaban J connectivity index is 2.46. The zero-order valence-corrected chi connectivity index (χ0v) is 6.08. The van der Waals surface area contributed by atoms with Gasteiger partial charge in [0.25, 0.3) is 0 Å². The fraction of sp³-hybridized carbons (Fsp3) is 0.625. The maximum absolute atomic E-state index is 8.24. The molecule has 0 unspecified atom stereocenters. The molecule has 0 aromatic carbocycles. The minimum atomic E-state index is 1.07. The van der Waals surface area contributed by atoms with E-state index in [4.69, 9.17) is 5.21 Å².